The molecule has 0 saturated carbocycles. The van der Waals surface area contributed by atoms with Crippen molar-refractivity contribution in [3.05, 3.63) is 47.8 Å². The molecule has 2 atom stereocenters. The molecule has 0 radical (unpaired) electrons. The number of amides is 1. The Balaban J connectivity index is 1.33. The summed E-state index contributed by atoms with van der Waals surface area (Å²) in [4.78, 5) is 27.9. The van der Waals surface area contributed by atoms with E-state index in [1.807, 2.05) is 0 Å². The number of benzene rings is 1. The van der Waals surface area contributed by atoms with Crippen LogP contribution in [0.3, 0.4) is 0 Å². The second kappa shape index (κ2) is 7.75. The van der Waals surface area contributed by atoms with E-state index in [2.05, 4.69) is 14.7 Å². The summed E-state index contributed by atoms with van der Waals surface area (Å²) in [7, 11) is 0. The first-order valence-corrected chi connectivity index (χ1v) is 9.61. The van der Waals surface area contributed by atoms with Gasteiger partial charge in [0.15, 0.2) is 5.78 Å². The zero-order valence-corrected chi connectivity index (χ0v) is 16.3. The van der Waals surface area contributed by atoms with Crippen molar-refractivity contribution in [2.75, 3.05) is 26.2 Å². The van der Waals surface area contributed by atoms with Crippen molar-refractivity contribution in [2.24, 2.45) is 11.8 Å². The minimum absolute atomic E-state index is 0.194. The van der Waals surface area contributed by atoms with E-state index >= 15 is 0 Å². The average molecular weight is 422 g/mol. The fraction of sp³-hybridized carbons (Fsp3) is 0.450. The van der Waals surface area contributed by atoms with E-state index in [0.29, 0.717) is 31.5 Å². The molecule has 3 heterocycles. The van der Waals surface area contributed by atoms with Crippen molar-refractivity contribution < 1.29 is 27.5 Å². The summed E-state index contributed by atoms with van der Waals surface area (Å²) >= 11 is 0. The van der Waals surface area contributed by atoms with Gasteiger partial charge in [0.25, 0.3) is 0 Å². The second-order valence-electron chi connectivity index (χ2n) is 7.80. The van der Waals surface area contributed by atoms with Crippen molar-refractivity contribution in [3.63, 3.8) is 0 Å². The molecule has 1 amide bonds. The number of likely N-dealkylation sites (tertiary alicyclic amines) is 2. The van der Waals surface area contributed by atoms with Crippen molar-refractivity contribution in [3.8, 4) is 5.75 Å². The van der Waals surface area contributed by atoms with Gasteiger partial charge in [0, 0.05) is 45.8 Å². The van der Waals surface area contributed by atoms with Crippen molar-refractivity contribution >= 4 is 11.8 Å². The Morgan fingerprint density at radius 3 is 2.43 bits per heavy atom. The summed E-state index contributed by atoms with van der Waals surface area (Å²) in [6.07, 6.45) is -3.21. The van der Waals surface area contributed by atoms with E-state index in [0.717, 1.165) is 18.7 Å². The zero-order valence-electron chi connectivity index (χ0n) is 16.3. The predicted molar refractivity (Wildman–Crippen MR) is 100.0 cm³/mol. The number of nitrogens with zero attached hydrogens (tertiary/aromatic N) is 4. The lowest BCUT2D eigenvalue weighted by Crippen LogP contribution is -2.36. The molecule has 1 aromatic heterocycles. The van der Waals surface area contributed by atoms with Gasteiger partial charge in [0.05, 0.1) is 0 Å². The predicted octanol–water partition coefficient (Wildman–Crippen LogP) is 3.02. The molecule has 30 heavy (non-hydrogen) atoms. The van der Waals surface area contributed by atoms with E-state index in [9.17, 15) is 22.8 Å². The summed E-state index contributed by atoms with van der Waals surface area (Å²) in [5, 5.41) is 4.03. The van der Waals surface area contributed by atoms with E-state index in [1.54, 1.807) is 17.0 Å². The van der Waals surface area contributed by atoms with Gasteiger partial charge in [-0.15, -0.1) is 13.2 Å². The van der Waals surface area contributed by atoms with Gasteiger partial charge in [-0.3, -0.25) is 9.69 Å². The first kappa shape index (κ1) is 20.4. The molecule has 2 fully saturated rings. The molecule has 160 valence electrons. The van der Waals surface area contributed by atoms with Crippen LogP contribution in [0, 0.1) is 11.8 Å². The van der Waals surface area contributed by atoms with Gasteiger partial charge in [-0.05, 0) is 35.6 Å². The lowest BCUT2D eigenvalue weighted by molar-refractivity contribution is -0.274. The highest BCUT2D eigenvalue weighted by molar-refractivity contribution is 5.92. The maximum atomic E-state index is 12.6. The van der Waals surface area contributed by atoms with Crippen LogP contribution in [0.1, 0.15) is 23.0 Å². The number of Topliss-reactive ketones (excluding diaryl/α,β-unsaturated/α-hetero) is 1. The van der Waals surface area contributed by atoms with Crippen molar-refractivity contribution in [1.82, 2.24) is 19.6 Å². The second-order valence-corrected chi connectivity index (χ2v) is 7.80. The fourth-order valence-electron chi connectivity index (χ4n) is 4.24. The normalized spacial score (nSPS) is 21.7. The summed E-state index contributed by atoms with van der Waals surface area (Å²) in [5.74, 6) is 0.179. The number of halogens is 3. The third kappa shape index (κ3) is 4.48. The Morgan fingerprint density at radius 2 is 1.83 bits per heavy atom. The number of hydrogen-bond acceptors (Lipinski definition) is 5. The van der Waals surface area contributed by atoms with E-state index in [-0.39, 0.29) is 23.3 Å². The Bertz CT molecular complexity index is 945. The van der Waals surface area contributed by atoms with Gasteiger partial charge in [-0.1, -0.05) is 12.1 Å². The number of ketones is 1. The van der Waals surface area contributed by atoms with Crippen LogP contribution in [0.15, 0.2) is 36.5 Å². The topological polar surface area (TPSA) is 67.7 Å². The molecule has 2 aliphatic heterocycles. The average Bonchev–Trinajstić information content (AvgIpc) is 3.34. The third-order valence-electron chi connectivity index (χ3n) is 5.52. The minimum Gasteiger partial charge on any atom is -0.406 e. The molecule has 2 saturated heterocycles. The SMILES string of the molecule is CC(=O)c1ccn(C(=O)N2CC3CN(Cc4cccc(OC(F)(F)F)c4)CC3C2)n1. The molecule has 0 N–H and O–H groups in total. The van der Waals surface area contributed by atoms with Crippen LogP contribution in [-0.2, 0) is 6.54 Å². The zero-order chi connectivity index (χ0) is 21.5. The van der Waals surface area contributed by atoms with Crippen LogP contribution < -0.4 is 4.74 Å². The van der Waals surface area contributed by atoms with Crippen LogP contribution in [0.5, 0.6) is 5.75 Å². The van der Waals surface area contributed by atoms with Gasteiger partial charge in [0.1, 0.15) is 11.4 Å². The molecule has 10 heteroatoms. The summed E-state index contributed by atoms with van der Waals surface area (Å²) < 4.78 is 42.4. The molecule has 2 aromatic rings. The summed E-state index contributed by atoms with van der Waals surface area (Å²) in [6.45, 7) is 4.63. The van der Waals surface area contributed by atoms with Gasteiger partial charge in [-0.25, -0.2) is 4.79 Å². The maximum absolute atomic E-state index is 12.6. The number of carbonyl (C=O) groups is 2. The highest BCUT2D eigenvalue weighted by Gasteiger charge is 2.42. The smallest absolute Gasteiger partial charge is 0.406 e. The largest absolute Gasteiger partial charge is 0.573 e. The molecule has 1 aromatic carbocycles. The van der Waals surface area contributed by atoms with Crippen LogP contribution >= 0.6 is 0 Å². The lowest BCUT2D eigenvalue weighted by Gasteiger charge is -2.21. The Labute approximate surface area is 171 Å². The fourth-order valence-corrected chi connectivity index (χ4v) is 4.24. The third-order valence-corrected chi connectivity index (χ3v) is 5.52. The van der Waals surface area contributed by atoms with Crippen LogP contribution in [0.2, 0.25) is 0 Å². The first-order valence-electron chi connectivity index (χ1n) is 9.61. The minimum atomic E-state index is -4.71. The van der Waals surface area contributed by atoms with Crippen LogP contribution in [0.25, 0.3) is 0 Å². The van der Waals surface area contributed by atoms with Gasteiger partial charge < -0.3 is 9.64 Å². The molecule has 0 bridgehead atoms. The molecule has 4 rings (SSSR count). The molecule has 2 aliphatic rings. The molecule has 0 aliphatic carbocycles. The Morgan fingerprint density at radius 1 is 1.13 bits per heavy atom. The quantitative estimate of drug-likeness (QED) is 0.709. The molecule has 0 spiro atoms. The van der Waals surface area contributed by atoms with E-state index in [4.69, 9.17) is 0 Å². The van der Waals surface area contributed by atoms with Crippen LogP contribution in [0.4, 0.5) is 18.0 Å². The number of hydrogen-bond donors (Lipinski definition) is 0. The highest BCUT2D eigenvalue weighted by atomic mass is 19.4. The van der Waals surface area contributed by atoms with Crippen LogP contribution in [-0.4, -0.2) is 63.9 Å². The standard InChI is InChI=1S/C20H21F3N4O3/c1-13(28)18-5-6-27(24-18)19(29)26-11-15-9-25(10-16(15)12-26)8-14-3-2-4-17(7-14)30-20(21,22)23/h2-7,15-16H,8-12H2,1H3. The number of fused-ring (bicyclic) bond motifs is 1. The number of carbonyl (C=O) groups excluding carboxylic acids is 2. The molecular weight excluding hydrogens is 401 g/mol. The van der Waals surface area contributed by atoms with Crippen molar-refractivity contribution in [2.45, 2.75) is 19.8 Å². The number of aromatic nitrogens is 2. The lowest BCUT2D eigenvalue weighted by atomic mass is 10.0. The van der Waals surface area contributed by atoms with E-state index < -0.39 is 6.36 Å². The van der Waals surface area contributed by atoms with Gasteiger partial charge >= 0.3 is 12.4 Å². The van der Waals surface area contributed by atoms with Gasteiger partial charge in [0.2, 0.25) is 0 Å². The molecular formula is C20H21F3N4O3. The van der Waals surface area contributed by atoms with Gasteiger partial charge in [-0.2, -0.15) is 9.78 Å². The van der Waals surface area contributed by atoms with E-state index in [1.165, 1.54) is 36.0 Å². The highest BCUT2D eigenvalue weighted by Crippen LogP contribution is 2.33. The first-order chi connectivity index (χ1) is 14.2. The summed E-state index contributed by atoms with van der Waals surface area (Å²) in [5.41, 5.74) is 1.00. The molecule has 7 nitrogen and oxygen atoms in total. The Kier molecular flexibility index (Phi) is 5.27. The monoisotopic (exact) mass is 422 g/mol. The number of rotatable bonds is 4. The molecule has 2 unspecified atom stereocenters. The summed E-state index contributed by atoms with van der Waals surface area (Å²) in [6, 6.07) is 7.29. The maximum Gasteiger partial charge on any atom is 0.573 e. The van der Waals surface area contributed by atoms with Crippen molar-refractivity contribution in [1.29, 1.82) is 0 Å². The Hall–Kier alpha value is -2.88. The number of alkyl halides is 3. The number of ether oxygens (including phenoxy) is 1.